The lowest BCUT2D eigenvalue weighted by molar-refractivity contribution is -0.120. The van der Waals surface area contributed by atoms with Crippen LogP contribution in [0.2, 0.25) is 0 Å². The van der Waals surface area contributed by atoms with Crippen molar-refractivity contribution in [2.24, 2.45) is 0 Å². The Morgan fingerprint density at radius 1 is 1.22 bits per heavy atom. The lowest BCUT2D eigenvalue weighted by atomic mass is 10.0. The number of carbonyl (C=O) groups excluding carboxylic acids is 1. The number of carbonyl (C=O) groups is 1. The van der Waals surface area contributed by atoms with Crippen LogP contribution in [0.3, 0.4) is 0 Å². The third-order valence-electron chi connectivity index (χ3n) is 2.96. The quantitative estimate of drug-likeness (QED) is 0.778. The number of aryl methyl sites for hydroxylation is 1. The first-order chi connectivity index (χ1) is 8.67. The highest BCUT2D eigenvalue weighted by Crippen LogP contribution is 2.13. The summed E-state index contributed by atoms with van der Waals surface area (Å²) in [5.74, 6) is 0.0481. The Morgan fingerprint density at radius 2 is 1.89 bits per heavy atom. The van der Waals surface area contributed by atoms with Gasteiger partial charge in [0, 0.05) is 12.6 Å². The van der Waals surface area contributed by atoms with Gasteiger partial charge in [0.25, 0.3) is 0 Å². The monoisotopic (exact) mass is 248 g/mol. The molecule has 0 aliphatic heterocycles. The van der Waals surface area contributed by atoms with Gasteiger partial charge in [0.05, 0.1) is 6.54 Å². The molecule has 1 aromatic carbocycles. The van der Waals surface area contributed by atoms with Gasteiger partial charge in [0.2, 0.25) is 5.91 Å². The molecule has 18 heavy (non-hydrogen) atoms. The van der Waals surface area contributed by atoms with E-state index in [1.54, 1.807) is 0 Å². The normalized spacial score (nSPS) is 12.2. The minimum absolute atomic E-state index is 0.0481. The first-order valence-electron chi connectivity index (χ1n) is 6.76. The molecule has 0 radical (unpaired) electrons. The summed E-state index contributed by atoms with van der Waals surface area (Å²) in [4.78, 5) is 11.3. The Bertz CT molecular complexity index is 359. The largest absolute Gasteiger partial charge is 0.355 e. The third-order valence-corrected chi connectivity index (χ3v) is 2.96. The van der Waals surface area contributed by atoms with Crippen LogP contribution in [-0.4, -0.2) is 19.0 Å². The predicted octanol–water partition coefficient (Wildman–Crippen LogP) is 2.43. The summed E-state index contributed by atoms with van der Waals surface area (Å²) in [7, 11) is 0. The molecule has 0 bridgehead atoms. The van der Waals surface area contributed by atoms with Gasteiger partial charge in [-0.3, -0.25) is 4.79 Å². The van der Waals surface area contributed by atoms with E-state index in [0.29, 0.717) is 13.1 Å². The number of hydrogen-bond acceptors (Lipinski definition) is 2. The van der Waals surface area contributed by atoms with Crippen LogP contribution in [0.1, 0.15) is 44.4 Å². The second-order valence-corrected chi connectivity index (χ2v) is 4.55. The molecule has 0 aliphatic rings. The molecule has 1 rings (SSSR count). The summed E-state index contributed by atoms with van der Waals surface area (Å²) in [6.07, 6.45) is 2.30. The molecule has 0 spiro atoms. The van der Waals surface area contributed by atoms with Gasteiger partial charge in [0.1, 0.15) is 0 Å². The van der Waals surface area contributed by atoms with E-state index in [9.17, 15) is 4.79 Å². The maximum absolute atomic E-state index is 11.3. The lowest BCUT2D eigenvalue weighted by Gasteiger charge is -2.14. The van der Waals surface area contributed by atoms with Gasteiger partial charge in [-0.1, -0.05) is 37.6 Å². The van der Waals surface area contributed by atoms with Gasteiger partial charge in [-0.15, -0.1) is 0 Å². The number of amides is 1. The smallest absolute Gasteiger partial charge is 0.233 e. The van der Waals surface area contributed by atoms with Gasteiger partial charge in [0.15, 0.2) is 0 Å². The lowest BCUT2D eigenvalue weighted by Crippen LogP contribution is -2.34. The van der Waals surface area contributed by atoms with Crippen LogP contribution in [0.25, 0.3) is 0 Å². The minimum atomic E-state index is 0.0481. The molecule has 0 aliphatic carbocycles. The molecule has 100 valence electrons. The average molecular weight is 248 g/mol. The zero-order valence-electron chi connectivity index (χ0n) is 11.6. The first kappa shape index (κ1) is 14.7. The van der Waals surface area contributed by atoms with Crippen molar-refractivity contribution in [1.29, 1.82) is 0 Å². The summed E-state index contributed by atoms with van der Waals surface area (Å²) in [5, 5.41) is 6.00. The van der Waals surface area contributed by atoms with E-state index in [-0.39, 0.29) is 11.9 Å². The van der Waals surface area contributed by atoms with E-state index < -0.39 is 0 Å². The van der Waals surface area contributed by atoms with E-state index >= 15 is 0 Å². The highest BCUT2D eigenvalue weighted by Gasteiger charge is 2.06. The standard InChI is InChI=1S/C15H24N2O/c1-4-6-13-7-9-14(10-8-13)12(3)17-11-15(18)16-5-2/h7-10,12,17H,4-6,11H2,1-3H3,(H,16,18). The fourth-order valence-corrected chi connectivity index (χ4v) is 1.88. The molecular formula is C15H24N2O. The van der Waals surface area contributed by atoms with Crippen LogP contribution in [0.4, 0.5) is 0 Å². The Morgan fingerprint density at radius 3 is 2.44 bits per heavy atom. The molecule has 1 unspecified atom stereocenters. The fourth-order valence-electron chi connectivity index (χ4n) is 1.88. The molecule has 0 heterocycles. The number of nitrogens with one attached hydrogen (secondary N) is 2. The van der Waals surface area contributed by atoms with Crippen LogP contribution in [-0.2, 0) is 11.2 Å². The second-order valence-electron chi connectivity index (χ2n) is 4.55. The molecule has 0 aromatic heterocycles. The summed E-state index contributed by atoms with van der Waals surface area (Å²) in [6, 6.07) is 8.82. The molecule has 1 atom stereocenters. The van der Waals surface area contributed by atoms with Crippen LogP contribution in [0.5, 0.6) is 0 Å². The van der Waals surface area contributed by atoms with Crippen LogP contribution in [0, 0.1) is 0 Å². The number of hydrogen-bond donors (Lipinski definition) is 2. The molecule has 0 saturated heterocycles. The van der Waals surface area contributed by atoms with Crippen molar-refractivity contribution in [1.82, 2.24) is 10.6 Å². The van der Waals surface area contributed by atoms with Crippen molar-refractivity contribution in [3.8, 4) is 0 Å². The van der Waals surface area contributed by atoms with Crippen LogP contribution < -0.4 is 10.6 Å². The van der Waals surface area contributed by atoms with Gasteiger partial charge in [-0.2, -0.15) is 0 Å². The summed E-state index contributed by atoms with van der Waals surface area (Å²) in [5.41, 5.74) is 2.59. The summed E-state index contributed by atoms with van der Waals surface area (Å²) >= 11 is 0. The molecular weight excluding hydrogens is 224 g/mol. The molecule has 3 nitrogen and oxygen atoms in total. The van der Waals surface area contributed by atoms with E-state index in [1.165, 1.54) is 17.5 Å². The average Bonchev–Trinajstić information content (AvgIpc) is 2.37. The fraction of sp³-hybridized carbons (Fsp3) is 0.533. The van der Waals surface area contributed by atoms with Crippen molar-refractivity contribution < 1.29 is 4.79 Å². The number of rotatable bonds is 7. The van der Waals surface area contributed by atoms with Gasteiger partial charge >= 0.3 is 0 Å². The van der Waals surface area contributed by atoms with Crippen molar-refractivity contribution in [2.45, 2.75) is 39.7 Å². The van der Waals surface area contributed by atoms with E-state index in [2.05, 4.69) is 48.7 Å². The first-order valence-corrected chi connectivity index (χ1v) is 6.76. The number of likely N-dealkylation sites (N-methyl/N-ethyl adjacent to an activating group) is 1. The Kier molecular flexibility index (Phi) is 6.44. The maximum atomic E-state index is 11.3. The predicted molar refractivity (Wildman–Crippen MR) is 75.5 cm³/mol. The Hall–Kier alpha value is -1.35. The summed E-state index contributed by atoms with van der Waals surface area (Å²) in [6.45, 7) is 7.23. The van der Waals surface area contributed by atoms with Crippen molar-refractivity contribution in [2.75, 3.05) is 13.1 Å². The summed E-state index contributed by atoms with van der Waals surface area (Å²) < 4.78 is 0. The second kappa shape index (κ2) is 7.88. The minimum Gasteiger partial charge on any atom is -0.355 e. The number of benzene rings is 1. The van der Waals surface area contributed by atoms with Crippen molar-refractivity contribution >= 4 is 5.91 Å². The molecule has 1 amide bonds. The van der Waals surface area contributed by atoms with Gasteiger partial charge in [-0.25, -0.2) is 0 Å². The Labute approximate surface area is 110 Å². The third kappa shape index (κ3) is 4.88. The molecule has 0 saturated carbocycles. The molecule has 1 aromatic rings. The van der Waals surface area contributed by atoms with Crippen molar-refractivity contribution in [3.05, 3.63) is 35.4 Å². The zero-order valence-corrected chi connectivity index (χ0v) is 11.6. The van der Waals surface area contributed by atoms with Crippen LogP contribution in [0.15, 0.2) is 24.3 Å². The molecule has 0 fully saturated rings. The highest BCUT2D eigenvalue weighted by atomic mass is 16.1. The SMILES string of the molecule is CCCc1ccc(C(C)NCC(=O)NCC)cc1. The van der Waals surface area contributed by atoms with Gasteiger partial charge in [-0.05, 0) is 31.4 Å². The van der Waals surface area contributed by atoms with E-state index in [0.717, 1.165) is 6.42 Å². The van der Waals surface area contributed by atoms with E-state index in [1.807, 2.05) is 6.92 Å². The topological polar surface area (TPSA) is 41.1 Å². The van der Waals surface area contributed by atoms with Crippen LogP contribution >= 0.6 is 0 Å². The molecule has 2 N–H and O–H groups in total. The Balaban J connectivity index is 2.45. The van der Waals surface area contributed by atoms with E-state index in [4.69, 9.17) is 0 Å². The van der Waals surface area contributed by atoms with Crippen molar-refractivity contribution in [3.63, 3.8) is 0 Å². The maximum Gasteiger partial charge on any atom is 0.233 e. The van der Waals surface area contributed by atoms with Gasteiger partial charge < -0.3 is 10.6 Å². The molecule has 3 heteroatoms. The zero-order chi connectivity index (χ0) is 13.4. The highest BCUT2D eigenvalue weighted by molar-refractivity contribution is 5.77.